The smallest absolute Gasteiger partial charge is 0.337 e. The SMILES string of the molecule is COC(=O)C1=C(C(C)C)O[C@@H]([C@@H](C)I)[C@@H]1C. The number of carbonyl (C=O) groups excluding carboxylic acids is 1. The molecule has 0 radical (unpaired) electrons. The number of hydrogen-bond donors (Lipinski definition) is 0. The van der Waals surface area contributed by atoms with Crippen molar-refractivity contribution in [2.24, 2.45) is 11.8 Å². The number of hydrogen-bond acceptors (Lipinski definition) is 3. The summed E-state index contributed by atoms with van der Waals surface area (Å²) < 4.78 is 11.1. The number of rotatable bonds is 3. The molecule has 3 atom stereocenters. The molecule has 16 heavy (non-hydrogen) atoms. The zero-order chi connectivity index (χ0) is 12.5. The van der Waals surface area contributed by atoms with Crippen LogP contribution in [0.1, 0.15) is 27.7 Å². The van der Waals surface area contributed by atoms with Crippen molar-refractivity contribution in [3.63, 3.8) is 0 Å². The van der Waals surface area contributed by atoms with Crippen LogP contribution in [0.2, 0.25) is 0 Å². The van der Waals surface area contributed by atoms with Crippen LogP contribution in [0.5, 0.6) is 0 Å². The van der Waals surface area contributed by atoms with E-state index in [0.29, 0.717) is 9.50 Å². The third-order valence-electron chi connectivity index (χ3n) is 2.86. The molecule has 0 aromatic carbocycles. The highest BCUT2D eigenvalue weighted by molar-refractivity contribution is 14.1. The van der Waals surface area contributed by atoms with E-state index in [4.69, 9.17) is 9.47 Å². The van der Waals surface area contributed by atoms with Gasteiger partial charge >= 0.3 is 5.97 Å². The Morgan fingerprint density at radius 2 is 2.00 bits per heavy atom. The lowest BCUT2D eigenvalue weighted by Crippen LogP contribution is -2.26. The molecule has 0 N–H and O–H groups in total. The largest absolute Gasteiger partial charge is 0.492 e. The number of allylic oxidation sites excluding steroid dienone is 1. The molecule has 0 aromatic heterocycles. The predicted octanol–water partition coefficient (Wildman–Crippen LogP) is 2.93. The van der Waals surface area contributed by atoms with Gasteiger partial charge in [0.05, 0.1) is 12.7 Å². The van der Waals surface area contributed by atoms with Crippen LogP contribution in [-0.4, -0.2) is 23.1 Å². The maximum atomic E-state index is 11.7. The second-order valence-electron chi connectivity index (χ2n) is 4.47. The van der Waals surface area contributed by atoms with Gasteiger partial charge in [-0.2, -0.15) is 0 Å². The fraction of sp³-hybridized carbons (Fsp3) is 0.750. The average molecular weight is 338 g/mol. The van der Waals surface area contributed by atoms with Gasteiger partial charge in [-0.1, -0.05) is 43.4 Å². The lowest BCUT2D eigenvalue weighted by molar-refractivity contribution is -0.136. The Morgan fingerprint density at radius 1 is 1.44 bits per heavy atom. The van der Waals surface area contributed by atoms with E-state index in [1.54, 1.807) is 0 Å². The van der Waals surface area contributed by atoms with E-state index in [9.17, 15) is 4.79 Å². The standard InChI is InChI=1S/C12H19IO3/c1-6(2)10-9(12(14)15-5)7(3)11(16-10)8(4)13/h6-8,11H,1-5H3/t7-,8-,11-/m1/s1. The number of halogens is 1. The first-order valence-corrected chi connectivity index (χ1v) is 6.77. The minimum atomic E-state index is -0.254. The predicted molar refractivity (Wildman–Crippen MR) is 71.4 cm³/mol. The van der Waals surface area contributed by atoms with Crippen LogP contribution in [0.15, 0.2) is 11.3 Å². The number of carbonyl (C=O) groups is 1. The van der Waals surface area contributed by atoms with Gasteiger partial charge in [-0.15, -0.1) is 0 Å². The number of esters is 1. The lowest BCUT2D eigenvalue weighted by atomic mass is 9.93. The van der Waals surface area contributed by atoms with Crippen LogP contribution in [-0.2, 0) is 14.3 Å². The van der Waals surface area contributed by atoms with Crippen molar-refractivity contribution in [2.45, 2.75) is 37.7 Å². The zero-order valence-electron chi connectivity index (χ0n) is 10.4. The summed E-state index contributed by atoms with van der Waals surface area (Å²) in [6.45, 7) is 8.19. The van der Waals surface area contributed by atoms with Crippen molar-refractivity contribution >= 4 is 28.6 Å². The maximum absolute atomic E-state index is 11.7. The molecule has 0 aliphatic carbocycles. The van der Waals surface area contributed by atoms with Gasteiger partial charge < -0.3 is 9.47 Å². The average Bonchev–Trinajstić information content (AvgIpc) is 2.55. The third-order valence-corrected chi connectivity index (χ3v) is 3.57. The fourth-order valence-corrected chi connectivity index (χ4v) is 2.81. The summed E-state index contributed by atoms with van der Waals surface area (Å²) in [7, 11) is 1.42. The maximum Gasteiger partial charge on any atom is 0.337 e. The monoisotopic (exact) mass is 338 g/mol. The van der Waals surface area contributed by atoms with E-state index in [1.165, 1.54) is 7.11 Å². The van der Waals surface area contributed by atoms with Gasteiger partial charge in [0.1, 0.15) is 11.9 Å². The Balaban J connectivity index is 3.04. The van der Waals surface area contributed by atoms with Crippen LogP contribution in [0.25, 0.3) is 0 Å². The second-order valence-corrected chi connectivity index (χ2v) is 6.44. The number of ether oxygens (including phenoxy) is 2. The Bertz CT molecular complexity index is 307. The number of alkyl halides is 1. The minimum absolute atomic E-state index is 0.0760. The molecule has 0 amide bonds. The molecule has 4 heteroatoms. The molecule has 92 valence electrons. The van der Waals surface area contributed by atoms with E-state index < -0.39 is 0 Å². The first-order valence-electron chi connectivity index (χ1n) is 5.53. The lowest BCUT2D eigenvalue weighted by Gasteiger charge is -2.20. The molecule has 1 heterocycles. The van der Waals surface area contributed by atoms with Crippen LogP contribution in [0.3, 0.4) is 0 Å². The third kappa shape index (κ3) is 2.52. The summed E-state index contributed by atoms with van der Waals surface area (Å²) in [4.78, 5) is 11.7. The molecule has 1 aliphatic heterocycles. The van der Waals surface area contributed by atoms with E-state index in [0.717, 1.165) is 5.76 Å². The van der Waals surface area contributed by atoms with Crippen molar-refractivity contribution in [3.8, 4) is 0 Å². The molecular weight excluding hydrogens is 319 g/mol. The van der Waals surface area contributed by atoms with Gasteiger partial charge in [-0.25, -0.2) is 4.79 Å². The second kappa shape index (κ2) is 5.38. The van der Waals surface area contributed by atoms with Gasteiger partial charge in [-0.05, 0) is 6.92 Å². The summed E-state index contributed by atoms with van der Waals surface area (Å²) >= 11 is 2.33. The molecule has 0 unspecified atom stereocenters. The van der Waals surface area contributed by atoms with Gasteiger partial charge in [0.25, 0.3) is 0 Å². The highest BCUT2D eigenvalue weighted by atomic mass is 127. The molecule has 0 fully saturated rings. The minimum Gasteiger partial charge on any atom is -0.492 e. The summed E-state index contributed by atoms with van der Waals surface area (Å²) in [5, 5.41) is 0. The molecular formula is C12H19IO3. The van der Waals surface area contributed by atoms with Crippen LogP contribution < -0.4 is 0 Å². The summed E-state index contributed by atoms with van der Waals surface area (Å²) in [5.74, 6) is 0.872. The van der Waals surface area contributed by atoms with Crippen molar-refractivity contribution in [3.05, 3.63) is 11.3 Å². The molecule has 0 saturated carbocycles. The van der Waals surface area contributed by atoms with Crippen LogP contribution >= 0.6 is 22.6 Å². The molecule has 0 spiro atoms. The zero-order valence-corrected chi connectivity index (χ0v) is 12.6. The van der Waals surface area contributed by atoms with Gasteiger partial charge in [-0.3, -0.25) is 0 Å². The Labute approximate surface area is 111 Å². The van der Waals surface area contributed by atoms with Crippen molar-refractivity contribution in [1.29, 1.82) is 0 Å². The Kier molecular flexibility index (Phi) is 4.64. The highest BCUT2D eigenvalue weighted by Gasteiger charge is 2.40. The molecule has 1 rings (SSSR count). The van der Waals surface area contributed by atoms with Crippen molar-refractivity contribution < 1.29 is 14.3 Å². The number of methoxy groups -OCH3 is 1. The van der Waals surface area contributed by atoms with Crippen molar-refractivity contribution in [1.82, 2.24) is 0 Å². The van der Waals surface area contributed by atoms with Crippen LogP contribution in [0.4, 0.5) is 0 Å². The molecule has 3 nitrogen and oxygen atoms in total. The van der Waals surface area contributed by atoms with E-state index in [2.05, 4.69) is 29.5 Å². The highest BCUT2D eigenvalue weighted by Crippen LogP contribution is 2.38. The summed E-state index contributed by atoms with van der Waals surface area (Å²) in [6.07, 6.45) is 0.0760. The summed E-state index contributed by atoms with van der Waals surface area (Å²) in [6, 6.07) is 0. The van der Waals surface area contributed by atoms with Gasteiger partial charge in [0, 0.05) is 15.8 Å². The molecule has 1 aliphatic rings. The Morgan fingerprint density at radius 3 is 2.38 bits per heavy atom. The topological polar surface area (TPSA) is 35.5 Å². The quantitative estimate of drug-likeness (QED) is 0.451. The van der Waals surface area contributed by atoms with Crippen LogP contribution in [0, 0.1) is 11.8 Å². The Hall–Kier alpha value is -0.260. The molecule has 0 bridgehead atoms. The fourth-order valence-electron chi connectivity index (χ4n) is 2.04. The summed E-state index contributed by atoms with van der Waals surface area (Å²) in [5.41, 5.74) is 0.714. The van der Waals surface area contributed by atoms with E-state index in [1.807, 2.05) is 20.8 Å². The van der Waals surface area contributed by atoms with Gasteiger partial charge in [0.2, 0.25) is 0 Å². The molecule has 0 saturated heterocycles. The van der Waals surface area contributed by atoms with E-state index >= 15 is 0 Å². The normalized spacial score (nSPS) is 26.9. The first-order chi connectivity index (χ1) is 7.40. The van der Waals surface area contributed by atoms with E-state index in [-0.39, 0.29) is 23.9 Å². The van der Waals surface area contributed by atoms with Crippen molar-refractivity contribution in [2.75, 3.05) is 7.11 Å². The molecule has 0 aromatic rings. The first kappa shape index (κ1) is 13.8. The van der Waals surface area contributed by atoms with Gasteiger partial charge in [0.15, 0.2) is 0 Å².